The maximum Gasteiger partial charge on any atom is 0.265 e. The van der Waals surface area contributed by atoms with Crippen molar-refractivity contribution in [2.75, 3.05) is 13.1 Å². The molecule has 2 atom stereocenters. The molecule has 3 aromatic heterocycles. The summed E-state index contributed by atoms with van der Waals surface area (Å²) in [7, 11) is 0. The Kier molecular flexibility index (Phi) is 6.34. The van der Waals surface area contributed by atoms with E-state index in [9.17, 15) is 18.0 Å². The van der Waals surface area contributed by atoms with Crippen LogP contribution in [0.15, 0.2) is 42.7 Å². The first kappa shape index (κ1) is 26.3. The van der Waals surface area contributed by atoms with E-state index >= 15 is 0 Å². The van der Waals surface area contributed by atoms with Crippen molar-refractivity contribution in [3.63, 3.8) is 0 Å². The van der Waals surface area contributed by atoms with E-state index in [1.54, 1.807) is 56.3 Å². The number of rotatable bonds is 6. The number of hydrogen-bond acceptors (Lipinski definition) is 8. The van der Waals surface area contributed by atoms with E-state index in [0.29, 0.717) is 40.1 Å². The summed E-state index contributed by atoms with van der Waals surface area (Å²) in [5, 5.41) is 0.592. The molecule has 1 saturated carbocycles. The van der Waals surface area contributed by atoms with Crippen molar-refractivity contribution in [2.24, 2.45) is 17.6 Å². The van der Waals surface area contributed by atoms with Crippen LogP contribution in [0.4, 0.5) is 13.2 Å². The van der Waals surface area contributed by atoms with Gasteiger partial charge in [-0.2, -0.15) is 0 Å². The molecule has 1 aliphatic heterocycles. The van der Waals surface area contributed by atoms with E-state index in [4.69, 9.17) is 10.5 Å². The van der Waals surface area contributed by atoms with Gasteiger partial charge in [-0.1, -0.05) is 0 Å². The van der Waals surface area contributed by atoms with Crippen LogP contribution in [0.3, 0.4) is 0 Å². The smallest absolute Gasteiger partial charge is 0.265 e. The molecule has 1 saturated heterocycles. The van der Waals surface area contributed by atoms with E-state index in [1.807, 2.05) is 0 Å². The second kappa shape index (κ2) is 9.63. The van der Waals surface area contributed by atoms with Crippen LogP contribution in [-0.2, 0) is 5.54 Å². The molecule has 12 heteroatoms. The number of aryl methyl sites for hydroxylation is 1. The quantitative estimate of drug-likeness (QED) is 0.336. The minimum atomic E-state index is -1.57. The van der Waals surface area contributed by atoms with Gasteiger partial charge in [0, 0.05) is 54.5 Å². The Morgan fingerprint density at radius 2 is 1.77 bits per heavy atom. The van der Waals surface area contributed by atoms with E-state index < -0.39 is 23.0 Å². The van der Waals surface area contributed by atoms with Gasteiger partial charge >= 0.3 is 0 Å². The van der Waals surface area contributed by atoms with E-state index in [1.165, 1.54) is 11.3 Å². The van der Waals surface area contributed by atoms with Gasteiger partial charge in [0.25, 0.3) is 5.91 Å². The van der Waals surface area contributed by atoms with Crippen molar-refractivity contribution in [1.29, 1.82) is 0 Å². The fourth-order valence-electron chi connectivity index (χ4n) is 4.99. The number of nitrogens with zero attached hydrogens (tertiary/aromatic N) is 5. The summed E-state index contributed by atoms with van der Waals surface area (Å²) in [6.07, 6.45) is 3.07. The molecule has 8 nitrogen and oxygen atoms in total. The van der Waals surface area contributed by atoms with Gasteiger partial charge in [-0.15, -0.1) is 11.3 Å². The fraction of sp³-hybridized carbons (Fsp3) is 0.321. The molecule has 2 fully saturated rings. The zero-order valence-electron chi connectivity index (χ0n) is 21.9. The minimum Gasteiger partial charge on any atom is -0.474 e. The lowest BCUT2D eigenvalue weighted by atomic mass is 9.94. The van der Waals surface area contributed by atoms with Crippen LogP contribution in [0.25, 0.3) is 22.1 Å². The van der Waals surface area contributed by atoms with Gasteiger partial charge in [0.1, 0.15) is 11.0 Å². The molecule has 4 heterocycles. The number of carbonyl (C=O) groups excluding carboxylic acids is 1. The van der Waals surface area contributed by atoms with Crippen LogP contribution in [0.1, 0.15) is 34.8 Å². The van der Waals surface area contributed by atoms with Gasteiger partial charge in [-0.05, 0) is 50.6 Å². The number of hydrogen-bond donors (Lipinski definition) is 1. The number of nitrogens with two attached hydrogens (primary N) is 1. The van der Waals surface area contributed by atoms with Crippen LogP contribution in [0, 0.1) is 36.2 Å². The van der Waals surface area contributed by atoms with Crippen molar-refractivity contribution >= 4 is 17.2 Å². The van der Waals surface area contributed by atoms with Crippen LogP contribution in [0.5, 0.6) is 5.88 Å². The first-order valence-corrected chi connectivity index (χ1v) is 13.5. The molecule has 0 spiro atoms. The summed E-state index contributed by atoms with van der Waals surface area (Å²) < 4.78 is 48.2. The Balaban J connectivity index is 1.18. The van der Waals surface area contributed by atoms with Crippen molar-refractivity contribution in [3.8, 4) is 28.0 Å². The number of likely N-dealkylation sites (tertiary alicyclic amines) is 1. The van der Waals surface area contributed by atoms with E-state index in [2.05, 4.69) is 19.9 Å². The Morgan fingerprint density at radius 3 is 2.45 bits per heavy atom. The maximum absolute atomic E-state index is 14.6. The van der Waals surface area contributed by atoms with Gasteiger partial charge in [0.05, 0.1) is 11.4 Å². The molecule has 206 valence electrons. The summed E-state index contributed by atoms with van der Waals surface area (Å²) in [4.78, 5) is 32.9. The standard InChI is InChI=1S/C28H25F3N6O2S/c1-13-24(40-26(35-13)25-33-7-4-8-34-25)27(38)37-11-16-17(12-37)23(16)39-20-10-14(28(2,3)32)9-19(36-20)15-5-6-18(29)22(31)21(15)30/h4-10,16-17,23H,11-12,32H2,1-3H3. The highest BCUT2D eigenvalue weighted by Crippen LogP contribution is 2.48. The second-order valence-electron chi connectivity index (χ2n) is 10.7. The average Bonchev–Trinajstić information content (AvgIpc) is 3.23. The molecule has 2 unspecified atom stereocenters. The highest BCUT2D eigenvalue weighted by molar-refractivity contribution is 7.17. The number of pyridine rings is 1. The van der Waals surface area contributed by atoms with Crippen molar-refractivity contribution in [2.45, 2.75) is 32.4 Å². The van der Waals surface area contributed by atoms with Gasteiger partial charge in [0.2, 0.25) is 5.88 Å². The Morgan fingerprint density at radius 1 is 1.07 bits per heavy atom. The predicted molar refractivity (Wildman–Crippen MR) is 142 cm³/mol. The number of fused-ring (bicyclic) bond motifs is 1. The zero-order valence-corrected chi connectivity index (χ0v) is 22.7. The largest absolute Gasteiger partial charge is 0.474 e. The van der Waals surface area contributed by atoms with Crippen molar-refractivity contribution in [1.82, 2.24) is 24.8 Å². The highest BCUT2D eigenvalue weighted by atomic mass is 32.1. The predicted octanol–water partition coefficient (Wildman–Crippen LogP) is 4.73. The van der Waals surface area contributed by atoms with Gasteiger partial charge in [-0.25, -0.2) is 33.1 Å². The number of benzene rings is 1. The molecule has 2 N–H and O–H groups in total. The van der Waals surface area contributed by atoms with Crippen molar-refractivity contribution < 1.29 is 22.7 Å². The number of carbonyl (C=O) groups is 1. The molecule has 1 aliphatic carbocycles. The lowest BCUT2D eigenvalue weighted by Crippen LogP contribution is -2.33. The second-order valence-corrected chi connectivity index (χ2v) is 11.6. The SMILES string of the molecule is Cc1nc(-c2ncccn2)sc1C(=O)N1CC2C(C1)C2Oc1cc(C(C)(C)N)cc(-c2ccc(F)c(F)c2F)n1. The summed E-state index contributed by atoms with van der Waals surface area (Å²) >= 11 is 1.27. The number of halogens is 3. The summed E-state index contributed by atoms with van der Waals surface area (Å²) in [5.74, 6) is -3.38. The van der Waals surface area contributed by atoms with E-state index in [0.717, 1.165) is 12.1 Å². The molecule has 4 aromatic rings. The molecular weight excluding hydrogens is 541 g/mol. The van der Waals surface area contributed by atoms with Crippen LogP contribution < -0.4 is 10.5 Å². The molecule has 1 aromatic carbocycles. The third-order valence-corrected chi connectivity index (χ3v) is 8.41. The Labute approximate surface area is 232 Å². The number of thiazole rings is 1. The first-order chi connectivity index (χ1) is 19.0. The molecular formula is C28H25F3N6O2S. The minimum absolute atomic E-state index is 0.0870. The Bertz CT molecular complexity index is 1610. The molecule has 1 amide bonds. The fourth-order valence-corrected chi connectivity index (χ4v) is 5.98. The van der Waals surface area contributed by atoms with Crippen LogP contribution in [-0.4, -0.2) is 49.9 Å². The molecule has 0 bridgehead atoms. The summed E-state index contributed by atoms with van der Waals surface area (Å²) in [6, 6.07) is 6.93. The third kappa shape index (κ3) is 4.71. The third-order valence-electron chi connectivity index (χ3n) is 7.26. The zero-order chi connectivity index (χ0) is 28.3. The molecule has 2 aliphatic rings. The summed E-state index contributed by atoms with van der Waals surface area (Å²) in [5.41, 5.74) is 6.59. The topological polar surface area (TPSA) is 107 Å². The average molecular weight is 567 g/mol. The number of aromatic nitrogens is 4. The maximum atomic E-state index is 14.6. The van der Waals surface area contributed by atoms with Gasteiger partial charge in [-0.3, -0.25) is 4.79 Å². The first-order valence-electron chi connectivity index (χ1n) is 12.7. The van der Waals surface area contributed by atoms with Crippen molar-refractivity contribution in [3.05, 3.63) is 76.3 Å². The number of amides is 1. The Hall–Kier alpha value is -3.90. The lowest BCUT2D eigenvalue weighted by Gasteiger charge is -2.22. The van der Waals surface area contributed by atoms with Gasteiger partial charge in [0.15, 0.2) is 28.3 Å². The van der Waals surface area contributed by atoms with Crippen LogP contribution in [0.2, 0.25) is 0 Å². The molecule has 6 rings (SSSR count). The van der Waals surface area contributed by atoms with E-state index in [-0.39, 0.29) is 41.0 Å². The number of ether oxygens (including phenoxy) is 1. The monoisotopic (exact) mass is 566 g/mol. The highest BCUT2D eigenvalue weighted by Gasteiger charge is 2.59. The van der Waals surface area contributed by atoms with Gasteiger partial charge < -0.3 is 15.4 Å². The molecule has 40 heavy (non-hydrogen) atoms. The molecule has 0 radical (unpaired) electrons. The van der Waals surface area contributed by atoms with Crippen LogP contribution >= 0.6 is 11.3 Å². The summed E-state index contributed by atoms with van der Waals surface area (Å²) in [6.45, 7) is 6.35. The number of piperidine rings is 1. The lowest BCUT2D eigenvalue weighted by molar-refractivity contribution is 0.0755. The normalized spacial score (nSPS) is 20.0.